The van der Waals surface area contributed by atoms with Crippen LogP contribution < -0.4 is 9.30 Å². The Kier molecular flexibility index (Phi) is 6.45. The molecule has 0 aliphatic rings. The largest absolute Gasteiger partial charge is 0.458 e. The fourth-order valence-corrected chi connectivity index (χ4v) is 7.71. The van der Waals surface area contributed by atoms with E-state index in [4.69, 9.17) is 23.4 Å². The molecule has 0 fully saturated rings. The molecule has 10 aromatic rings. The number of imidazole rings is 1. The van der Waals surface area contributed by atoms with E-state index in [1.165, 1.54) is 0 Å². The molecule has 0 aliphatic carbocycles. The third-order valence-electron chi connectivity index (χ3n) is 10.8. The molecule has 0 spiro atoms. The van der Waals surface area contributed by atoms with Crippen LogP contribution in [0.25, 0.3) is 72.3 Å². The first-order valence-electron chi connectivity index (χ1n) is 24.4. The van der Waals surface area contributed by atoms with Crippen LogP contribution in [0, 0.1) is 20.2 Å². The van der Waals surface area contributed by atoms with E-state index >= 15 is 0 Å². The van der Waals surface area contributed by atoms with Crippen molar-refractivity contribution >= 4 is 32.8 Å². The van der Waals surface area contributed by atoms with Gasteiger partial charge in [-0.05, 0) is 101 Å². The normalized spacial score (nSPS) is 14.2. The molecule has 0 amide bonds. The number of benzene rings is 7. The number of hydrogen-bond acceptors (Lipinski definition) is 2. The van der Waals surface area contributed by atoms with Crippen molar-refractivity contribution in [2.24, 2.45) is 0 Å². The zero-order valence-corrected chi connectivity index (χ0v) is 33.2. The van der Waals surface area contributed by atoms with Gasteiger partial charge in [-0.1, -0.05) is 142 Å². The second-order valence-corrected chi connectivity index (χ2v) is 15.7. The SMILES string of the molecule is [2H]c1c([2H])c([2H])c(-c2cccc(-c3c([2H])c([2H])c([2H])c([2H])c3[2H])c2-[n+]2[c-]n(-c3cc(Oc4ccc5c6ccccc6n(-c6cc(C)c(C)cn6)c5c4)cc(C(C)(C)C)c3)c3ccccc32)c([2H])c1[2H]. The maximum Gasteiger partial charge on any atom is 0.269 e. The Hall–Kier alpha value is -7.24. The van der Waals surface area contributed by atoms with Crippen molar-refractivity contribution < 1.29 is 23.0 Å². The molecule has 10 rings (SSSR count). The highest BCUT2D eigenvalue weighted by Gasteiger charge is 2.22. The molecule has 59 heavy (non-hydrogen) atoms. The lowest BCUT2D eigenvalue weighted by Gasteiger charge is -2.22. The summed E-state index contributed by atoms with van der Waals surface area (Å²) in [5.74, 6) is 1.94. The summed E-state index contributed by atoms with van der Waals surface area (Å²) in [7, 11) is 0. The van der Waals surface area contributed by atoms with E-state index in [2.05, 4.69) is 62.9 Å². The Labute approximate surface area is 359 Å². The van der Waals surface area contributed by atoms with Crippen molar-refractivity contribution in [1.82, 2.24) is 14.1 Å². The summed E-state index contributed by atoms with van der Waals surface area (Å²) >= 11 is 0. The number of rotatable bonds is 7. The van der Waals surface area contributed by atoms with Crippen LogP contribution in [-0.2, 0) is 5.41 Å². The highest BCUT2D eigenvalue weighted by Crippen LogP contribution is 2.38. The quantitative estimate of drug-likeness (QED) is 0.119. The molecule has 0 atom stereocenters. The number of pyridine rings is 1. The monoisotopic (exact) mass is 774 g/mol. The summed E-state index contributed by atoms with van der Waals surface area (Å²) in [5, 5.41) is 2.13. The smallest absolute Gasteiger partial charge is 0.269 e. The fraction of sp³-hybridized carbons (Fsp3) is 0.111. The molecule has 0 aliphatic heterocycles. The van der Waals surface area contributed by atoms with Crippen molar-refractivity contribution in [2.45, 2.75) is 40.0 Å². The maximum atomic E-state index is 9.06. The molecule has 5 nitrogen and oxygen atoms in total. The summed E-state index contributed by atoms with van der Waals surface area (Å²) in [5.41, 5.74) is 6.90. The number of ether oxygens (including phenoxy) is 1. The van der Waals surface area contributed by atoms with Gasteiger partial charge in [0, 0.05) is 23.0 Å². The summed E-state index contributed by atoms with van der Waals surface area (Å²) in [6, 6.07) is 29.4. The lowest BCUT2D eigenvalue weighted by Crippen LogP contribution is -2.31. The number of aryl methyl sites for hydroxylation is 2. The Bertz CT molecular complexity index is 3650. The molecular formula is C54H44N4O. The number of fused-ring (bicyclic) bond motifs is 4. The van der Waals surface area contributed by atoms with Crippen molar-refractivity contribution in [3.05, 3.63) is 199 Å². The van der Waals surface area contributed by atoms with Crippen molar-refractivity contribution in [3.8, 4) is 50.9 Å². The summed E-state index contributed by atoms with van der Waals surface area (Å²) < 4.78 is 99.8. The molecule has 7 aromatic carbocycles. The number of nitrogens with zero attached hydrogens (tertiary/aromatic N) is 4. The number of para-hydroxylation sites is 4. The molecule has 0 radical (unpaired) electrons. The second kappa shape index (κ2) is 14.3. The Balaban J connectivity index is 1.21. The van der Waals surface area contributed by atoms with E-state index in [0.717, 1.165) is 44.3 Å². The van der Waals surface area contributed by atoms with Gasteiger partial charge in [0.25, 0.3) is 6.33 Å². The van der Waals surface area contributed by atoms with Crippen LogP contribution in [0.2, 0.25) is 0 Å². The minimum atomic E-state index is -0.565. The van der Waals surface area contributed by atoms with Crippen LogP contribution >= 0.6 is 0 Å². The first-order valence-corrected chi connectivity index (χ1v) is 19.4. The van der Waals surface area contributed by atoms with Crippen LogP contribution in [0.15, 0.2) is 176 Å². The average molecular weight is 775 g/mol. The standard InChI is InChI=1S/C54H44N4O/c1-36-29-52(55-34-37(36)2)58-48-24-13-12-21-46(48)47-28-27-42(33-51(47)58)59-43-31-40(54(3,4)5)30-41(32-43)56-35-57(50-26-15-14-25-49(50)56)53-44(38-17-8-6-9-18-38)22-16-23-45(53)39-19-10-7-11-20-39/h6-34H,1-5H3/i6D,7D,8D,9D,10D,11D,17D,18D,19D,20D. The van der Waals surface area contributed by atoms with Gasteiger partial charge >= 0.3 is 0 Å². The molecule has 286 valence electrons. The van der Waals surface area contributed by atoms with Gasteiger partial charge in [-0.3, -0.25) is 13.7 Å². The van der Waals surface area contributed by atoms with Gasteiger partial charge in [0.2, 0.25) is 0 Å². The number of aromatic nitrogens is 4. The second-order valence-electron chi connectivity index (χ2n) is 15.7. The van der Waals surface area contributed by atoms with Crippen molar-refractivity contribution in [1.29, 1.82) is 0 Å². The average Bonchev–Trinajstić information content (AvgIpc) is 3.88. The highest BCUT2D eigenvalue weighted by atomic mass is 16.5. The summed E-state index contributed by atoms with van der Waals surface area (Å²) in [6.45, 7) is 10.4. The molecule has 0 bridgehead atoms. The summed E-state index contributed by atoms with van der Waals surface area (Å²) in [4.78, 5) is 4.84. The minimum absolute atomic E-state index is 0.127. The Morgan fingerprint density at radius 1 is 0.627 bits per heavy atom. The third kappa shape index (κ3) is 6.45. The molecule has 0 unspecified atom stereocenters. The fourth-order valence-electron chi connectivity index (χ4n) is 7.71. The third-order valence-corrected chi connectivity index (χ3v) is 10.8. The van der Waals surface area contributed by atoms with Gasteiger partial charge in [0.05, 0.1) is 47.1 Å². The van der Waals surface area contributed by atoms with Crippen molar-refractivity contribution in [3.63, 3.8) is 0 Å². The van der Waals surface area contributed by atoms with E-state index in [9.17, 15) is 0 Å². The van der Waals surface area contributed by atoms with Gasteiger partial charge in [0.1, 0.15) is 17.3 Å². The summed E-state index contributed by atoms with van der Waals surface area (Å²) in [6.07, 6.45) is 5.40. The zero-order chi connectivity index (χ0) is 49.0. The van der Waals surface area contributed by atoms with Gasteiger partial charge in [-0.25, -0.2) is 4.98 Å². The van der Waals surface area contributed by atoms with Crippen LogP contribution in [0.4, 0.5) is 0 Å². The van der Waals surface area contributed by atoms with Gasteiger partial charge in [-0.2, -0.15) is 0 Å². The van der Waals surface area contributed by atoms with E-state index in [1.807, 2.05) is 84.4 Å². The predicted molar refractivity (Wildman–Crippen MR) is 241 cm³/mol. The first kappa shape index (κ1) is 26.6. The van der Waals surface area contributed by atoms with Gasteiger partial charge in [0.15, 0.2) is 0 Å². The molecule has 5 heteroatoms. The van der Waals surface area contributed by atoms with E-state index in [1.54, 1.807) is 22.8 Å². The topological polar surface area (TPSA) is 35.9 Å². The molecule has 3 aromatic heterocycles. The Morgan fingerprint density at radius 2 is 1.29 bits per heavy atom. The maximum absolute atomic E-state index is 9.06. The van der Waals surface area contributed by atoms with Gasteiger partial charge in [-0.15, -0.1) is 0 Å². The van der Waals surface area contributed by atoms with E-state index in [0.29, 0.717) is 28.2 Å². The first-order chi connectivity index (χ1) is 32.8. The molecular weight excluding hydrogens is 721 g/mol. The zero-order valence-electron chi connectivity index (χ0n) is 43.2. The lowest BCUT2D eigenvalue weighted by atomic mass is 9.86. The molecule has 0 N–H and O–H groups in total. The van der Waals surface area contributed by atoms with Crippen LogP contribution in [-0.4, -0.2) is 14.1 Å². The molecule has 0 saturated heterocycles. The van der Waals surface area contributed by atoms with E-state index in [-0.39, 0.29) is 33.4 Å². The van der Waals surface area contributed by atoms with Crippen LogP contribution in [0.3, 0.4) is 0 Å². The van der Waals surface area contributed by atoms with Crippen molar-refractivity contribution in [2.75, 3.05) is 0 Å². The number of hydrogen-bond donors (Lipinski definition) is 0. The molecule has 3 heterocycles. The lowest BCUT2D eigenvalue weighted by molar-refractivity contribution is -0.571. The van der Waals surface area contributed by atoms with Gasteiger partial charge < -0.3 is 4.74 Å². The Morgan fingerprint density at radius 3 is 1.98 bits per heavy atom. The predicted octanol–water partition coefficient (Wildman–Crippen LogP) is 13.2. The van der Waals surface area contributed by atoms with Crippen LogP contribution in [0.5, 0.6) is 11.5 Å². The highest BCUT2D eigenvalue weighted by molar-refractivity contribution is 6.09. The minimum Gasteiger partial charge on any atom is -0.458 e. The van der Waals surface area contributed by atoms with Crippen LogP contribution in [0.1, 0.15) is 51.2 Å². The van der Waals surface area contributed by atoms with E-state index < -0.39 is 60.4 Å². The molecule has 0 saturated carbocycles.